The van der Waals surface area contributed by atoms with E-state index in [1.807, 2.05) is 18.7 Å². The van der Waals surface area contributed by atoms with Crippen molar-refractivity contribution in [3.63, 3.8) is 0 Å². The lowest BCUT2D eigenvalue weighted by Crippen LogP contribution is -2.47. The van der Waals surface area contributed by atoms with Gasteiger partial charge in [-0.25, -0.2) is 8.42 Å². The van der Waals surface area contributed by atoms with Crippen molar-refractivity contribution in [3.05, 3.63) is 29.8 Å². The monoisotopic (exact) mass is 409 g/mol. The lowest BCUT2D eigenvalue weighted by Gasteiger charge is -2.33. The van der Waals surface area contributed by atoms with E-state index in [0.717, 1.165) is 0 Å². The first kappa shape index (κ1) is 22.4. The molecule has 1 aliphatic rings. The number of amides is 2. The van der Waals surface area contributed by atoms with Gasteiger partial charge >= 0.3 is 0 Å². The Kier molecular flexibility index (Phi) is 7.60. The van der Waals surface area contributed by atoms with Crippen molar-refractivity contribution < 1.29 is 18.0 Å². The number of carbonyl (C=O) groups is 2. The molecular weight excluding hydrogens is 378 g/mol. The molecule has 0 atom stereocenters. The largest absolute Gasteiger partial charge is 0.349 e. The van der Waals surface area contributed by atoms with Crippen molar-refractivity contribution in [1.82, 2.24) is 14.5 Å². The van der Waals surface area contributed by atoms with Crippen LogP contribution in [0.25, 0.3) is 0 Å². The second-order valence-corrected chi connectivity index (χ2v) is 9.28. The number of sulfonamides is 1. The number of carbonyl (C=O) groups excluding carboxylic acids is 2. The van der Waals surface area contributed by atoms with Crippen molar-refractivity contribution in [1.29, 1.82) is 0 Å². The normalized spacial score (nSPS) is 15.9. The molecule has 1 saturated heterocycles. The minimum Gasteiger partial charge on any atom is -0.349 e. The van der Waals surface area contributed by atoms with E-state index in [1.165, 1.54) is 16.4 Å². The third-order valence-electron chi connectivity index (χ3n) is 5.08. The average molecular weight is 410 g/mol. The molecule has 2 amide bonds. The summed E-state index contributed by atoms with van der Waals surface area (Å²) in [5, 5.41) is 2.97. The Bertz CT molecular complexity index is 795. The fourth-order valence-electron chi connectivity index (χ4n) is 3.39. The third-order valence-corrected chi connectivity index (χ3v) is 7.12. The first-order valence-corrected chi connectivity index (χ1v) is 11.3. The highest BCUT2D eigenvalue weighted by molar-refractivity contribution is 7.89. The highest BCUT2D eigenvalue weighted by atomic mass is 32.2. The van der Waals surface area contributed by atoms with Crippen molar-refractivity contribution >= 4 is 21.8 Å². The van der Waals surface area contributed by atoms with Crippen LogP contribution >= 0.6 is 0 Å². The van der Waals surface area contributed by atoms with E-state index in [4.69, 9.17) is 0 Å². The molecule has 1 N–H and O–H groups in total. The molecule has 28 heavy (non-hydrogen) atoms. The van der Waals surface area contributed by atoms with E-state index in [9.17, 15) is 18.0 Å². The van der Waals surface area contributed by atoms with Gasteiger partial charge in [-0.05, 0) is 31.0 Å². The second kappa shape index (κ2) is 9.52. The molecule has 0 bridgehead atoms. The van der Waals surface area contributed by atoms with Crippen LogP contribution in [0.15, 0.2) is 29.2 Å². The third kappa shape index (κ3) is 5.11. The predicted molar refractivity (Wildman–Crippen MR) is 108 cm³/mol. The van der Waals surface area contributed by atoms with Gasteiger partial charge in [-0.3, -0.25) is 9.59 Å². The minimum absolute atomic E-state index is 0.0215. The molecule has 156 valence electrons. The number of nitrogens with zero attached hydrogens (tertiary/aromatic N) is 2. The highest BCUT2D eigenvalue weighted by Gasteiger charge is 2.26. The molecule has 0 radical (unpaired) electrons. The molecule has 2 rings (SSSR count). The standard InChI is InChI=1S/C20H31N3O4S/c1-5-23(6-2)28(26,27)18-9-7-8-16(14-18)19(24)21-17-10-12-22(13-11-17)20(25)15(3)4/h7-9,14-15,17H,5-6,10-13H2,1-4H3,(H,21,24). The lowest BCUT2D eigenvalue weighted by molar-refractivity contribution is -0.135. The number of likely N-dealkylation sites (tertiary alicyclic amines) is 1. The van der Waals surface area contributed by atoms with Crippen molar-refractivity contribution in [2.24, 2.45) is 5.92 Å². The summed E-state index contributed by atoms with van der Waals surface area (Å²) < 4.78 is 26.7. The molecule has 1 heterocycles. The van der Waals surface area contributed by atoms with Crippen LogP contribution < -0.4 is 5.32 Å². The molecule has 1 aliphatic heterocycles. The lowest BCUT2D eigenvalue weighted by atomic mass is 10.0. The Morgan fingerprint density at radius 2 is 1.79 bits per heavy atom. The molecule has 1 fully saturated rings. The van der Waals surface area contributed by atoms with Crippen molar-refractivity contribution in [2.75, 3.05) is 26.2 Å². The molecule has 7 nitrogen and oxygen atoms in total. The summed E-state index contributed by atoms with van der Waals surface area (Å²) in [5.41, 5.74) is 0.328. The Morgan fingerprint density at radius 3 is 2.32 bits per heavy atom. The molecule has 0 aromatic heterocycles. The SMILES string of the molecule is CCN(CC)S(=O)(=O)c1cccc(C(=O)NC2CCN(C(=O)C(C)C)CC2)c1. The van der Waals surface area contributed by atoms with Gasteiger partial charge in [-0.15, -0.1) is 0 Å². The van der Waals surface area contributed by atoms with E-state index in [-0.39, 0.29) is 28.7 Å². The first-order chi connectivity index (χ1) is 13.2. The van der Waals surface area contributed by atoms with Gasteiger partial charge in [0.25, 0.3) is 5.91 Å². The van der Waals surface area contributed by atoms with Gasteiger partial charge in [0.05, 0.1) is 4.90 Å². The van der Waals surface area contributed by atoms with Crippen LogP contribution in [-0.4, -0.2) is 61.7 Å². The maximum atomic E-state index is 12.7. The molecule has 0 unspecified atom stereocenters. The Balaban J connectivity index is 2.04. The summed E-state index contributed by atoms with van der Waals surface area (Å²) in [6, 6.07) is 6.14. The smallest absolute Gasteiger partial charge is 0.251 e. The van der Waals surface area contributed by atoms with E-state index < -0.39 is 10.0 Å². The zero-order chi connectivity index (χ0) is 20.9. The van der Waals surface area contributed by atoms with E-state index in [1.54, 1.807) is 26.0 Å². The molecule has 0 aliphatic carbocycles. The van der Waals surface area contributed by atoms with Gasteiger partial charge in [0.2, 0.25) is 15.9 Å². The Morgan fingerprint density at radius 1 is 1.18 bits per heavy atom. The van der Waals surface area contributed by atoms with E-state index in [2.05, 4.69) is 5.32 Å². The number of benzene rings is 1. The van der Waals surface area contributed by atoms with Crippen LogP contribution in [-0.2, 0) is 14.8 Å². The minimum atomic E-state index is -3.61. The number of piperidine rings is 1. The number of rotatable bonds is 7. The average Bonchev–Trinajstić information content (AvgIpc) is 2.68. The zero-order valence-electron chi connectivity index (χ0n) is 17.1. The van der Waals surface area contributed by atoms with Crippen LogP contribution in [0.4, 0.5) is 0 Å². The first-order valence-electron chi connectivity index (χ1n) is 9.90. The summed E-state index contributed by atoms with van der Waals surface area (Å²) in [5.74, 6) is -0.175. The van der Waals surface area contributed by atoms with Crippen LogP contribution in [0.2, 0.25) is 0 Å². The molecule has 8 heteroatoms. The van der Waals surface area contributed by atoms with Gasteiger partial charge in [0.15, 0.2) is 0 Å². The Hall–Kier alpha value is -1.93. The van der Waals surface area contributed by atoms with Gasteiger partial charge in [0, 0.05) is 43.7 Å². The van der Waals surface area contributed by atoms with Gasteiger partial charge in [-0.2, -0.15) is 4.31 Å². The summed E-state index contributed by atoms with van der Waals surface area (Å²) >= 11 is 0. The fraction of sp³-hybridized carbons (Fsp3) is 0.600. The van der Waals surface area contributed by atoms with Crippen LogP contribution in [0.3, 0.4) is 0 Å². The summed E-state index contributed by atoms with van der Waals surface area (Å²) in [7, 11) is -3.61. The van der Waals surface area contributed by atoms with Gasteiger partial charge in [0.1, 0.15) is 0 Å². The zero-order valence-corrected chi connectivity index (χ0v) is 18.0. The highest BCUT2D eigenvalue weighted by Crippen LogP contribution is 2.18. The van der Waals surface area contributed by atoms with Crippen LogP contribution in [0.1, 0.15) is 50.9 Å². The molecular formula is C20H31N3O4S. The number of hydrogen-bond acceptors (Lipinski definition) is 4. The second-order valence-electron chi connectivity index (χ2n) is 7.34. The molecule has 0 spiro atoms. The number of hydrogen-bond donors (Lipinski definition) is 1. The molecule has 0 saturated carbocycles. The van der Waals surface area contributed by atoms with Crippen molar-refractivity contribution in [3.8, 4) is 0 Å². The summed E-state index contributed by atoms with van der Waals surface area (Å²) in [4.78, 5) is 26.7. The summed E-state index contributed by atoms with van der Waals surface area (Å²) in [6.07, 6.45) is 1.39. The Labute approximate surface area is 168 Å². The topological polar surface area (TPSA) is 86.8 Å². The maximum Gasteiger partial charge on any atom is 0.251 e. The van der Waals surface area contributed by atoms with E-state index >= 15 is 0 Å². The van der Waals surface area contributed by atoms with Crippen LogP contribution in [0, 0.1) is 5.92 Å². The quantitative estimate of drug-likeness (QED) is 0.747. The fourth-order valence-corrected chi connectivity index (χ4v) is 4.89. The van der Waals surface area contributed by atoms with Crippen LogP contribution in [0.5, 0.6) is 0 Å². The van der Waals surface area contributed by atoms with Gasteiger partial charge < -0.3 is 10.2 Å². The summed E-state index contributed by atoms with van der Waals surface area (Å²) in [6.45, 7) is 9.34. The molecule has 1 aromatic carbocycles. The predicted octanol–water partition coefficient (Wildman–Crippen LogP) is 2.09. The number of nitrogens with one attached hydrogen (secondary N) is 1. The molecule has 1 aromatic rings. The van der Waals surface area contributed by atoms with Gasteiger partial charge in [-0.1, -0.05) is 33.8 Å². The van der Waals surface area contributed by atoms with E-state index in [0.29, 0.717) is 44.6 Å². The maximum absolute atomic E-state index is 12.7. The van der Waals surface area contributed by atoms with Crippen molar-refractivity contribution in [2.45, 2.75) is 51.5 Å².